The molecule has 0 aliphatic heterocycles. The molecular formula is C22H32N4O4. The molecule has 1 aromatic carbocycles. The number of carbonyl (C=O) groups is 2. The molecule has 30 heavy (non-hydrogen) atoms. The standard InChI is InChI=1S/C22H32N4O4/c1-3-30-20(28)13-12-19(27)26(15-9-5-4-8-14-23)16(2)21-24-18-11-7-6-10-17(18)22(29)25-21/h6-7,10-11,16H,3-5,8-9,12-15,23H2,1-2H3,(H,24,25,29)/t16-/m1/s1. The second-order valence-electron chi connectivity index (χ2n) is 7.24. The number of nitrogens with one attached hydrogen (secondary N) is 1. The number of esters is 1. The van der Waals surface area contributed by atoms with Gasteiger partial charge in [-0.1, -0.05) is 25.0 Å². The monoisotopic (exact) mass is 416 g/mol. The number of para-hydroxylation sites is 1. The van der Waals surface area contributed by atoms with E-state index in [1.165, 1.54) is 0 Å². The summed E-state index contributed by atoms with van der Waals surface area (Å²) in [4.78, 5) is 46.1. The number of H-pyrrole nitrogens is 1. The third-order valence-electron chi connectivity index (χ3n) is 5.02. The highest BCUT2D eigenvalue weighted by Gasteiger charge is 2.24. The van der Waals surface area contributed by atoms with E-state index >= 15 is 0 Å². The zero-order chi connectivity index (χ0) is 21.9. The van der Waals surface area contributed by atoms with Gasteiger partial charge < -0.3 is 20.4 Å². The van der Waals surface area contributed by atoms with E-state index in [9.17, 15) is 14.4 Å². The fraction of sp³-hybridized carbons (Fsp3) is 0.545. The molecule has 0 unspecified atom stereocenters. The topological polar surface area (TPSA) is 118 Å². The van der Waals surface area contributed by atoms with Crippen molar-refractivity contribution in [3.05, 3.63) is 40.4 Å². The summed E-state index contributed by atoms with van der Waals surface area (Å²) in [6.45, 7) is 5.04. The summed E-state index contributed by atoms with van der Waals surface area (Å²) < 4.78 is 4.93. The fourth-order valence-corrected chi connectivity index (χ4v) is 3.35. The van der Waals surface area contributed by atoms with E-state index in [1.807, 2.05) is 13.0 Å². The molecule has 0 aliphatic rings. The number of hydrogen-bond donors (Lipinski definition) is 2. The van der Waals surface area contributed by atoms with Gasteiger partial charge in [0.15, 0.2) is 0 Å². The summed E-state index contributed by atoms with van der Waals surface area (Å²) in [6, 6.07) is 6.68. The van der Waals surface area contributed by atoms with Gasteiger partial charge in [-0.05, 0) is 45.4 Å². The molecule has 164 valence electrons. The smallest absolute Gasteiger partial charge is 0.306 e. The molecule has 2 rings (SSSR count). The molecule has 0 fully saturated rings. The summed E-state index contributed by atoms with van der Waals surface area (Å²) in [5.41, 5.74) is 5.90. The highest BCUT2D eigenvalue weighted by molar-refractivity contribution is 5.82. The third-order valence-corrected chi connectivity index (χ3v) is 5.02. The summed E-state index contributed by atoms with van der Waals surface area (Å²) in [5.74, 6) is -0.117. The van der Waals surface area contributed by atoms with E-state index in [4.69, 9.17) is 10.5 Å². The molecule has 0 spiro atoms. The maximum absolute atomic E-state index is 12.9. The lowest BCUT2D eigenvalue weighted by atomic mass is 10.1. The van der Waals surface area contributed by atoms with Crippen molar-refractivity contribution in [2.75, 3.05) is 19.7 Å². The Morgan fingerprint density at radius 3 is 2.63 bits per heavy atom. The number of nitrogens with two attached hydrogens (primary N) is 1. The van der Waals surface area contributed by atoms with Crippen LogP contribution in [0.1, 0.15) is 64.2 Å². The van der Waals surface area contributed by atoms with Crippen LogP contribution >= 0.6 is 0 Å². The first-order chi connectivity index (χ1) is 14.5. The Hall–Kier alpha value is -2.74. The molecule has 0 saturated heterocycles. The largest absolute Gasteiger partial charge is 0.466 e. The number of rotatable bonds is 12. The molecule has 8 nitrogen and oxygen atoms in total. The van der Waals surface area contributed by atoms with Gasteiger partial charge in [0.2, 0.25) is 5.91 Å². The first-order valence-electron chi connectivity index (χ1n) is 10.6. The number of amides is 1. The van der Waals surface area contributed by atoms with Crippen LogP contribution in [0.5, 0.6) is 0 Å². The highest BCUT2D eigenvalue weighted by Crippen LogP contribution is 2.20. The van der Waals surface area contributed by atoms with Gasteiger partial charge in [-0.3, -0.25) is 14.4 Å². The van der Waals surface area contributed by atoms with Gasteiger partial charge in [0.05, 0.1) is 30.0 Å². The summed E-state index contributed by atoms with van der Waals surface area (Å²) in [7, 11) is 0. The lowest BCUT2D eigenvalue weighted by Gasteiger charge is -2.29. The molecule has 1 heterocycles. The molecule has 8 heteroatoms. The number of carbonyl (C=O) groups excluding carboxylic acids is 2. The van der Waals surface area contributed by atoms with Crippen LogP contribution in [0.15, 0.2) is 29.1 Å². The lowest BCUT2D eigenvalue weighted by molar-refractivity contribution is -0.146. The normalized spacial score (nSPS) is 12.0. The summed E-state index contributed by atoms with van der Waals surface area (Å²) in [6.07, 6.45) is 3.81. The number of ether oxygens (including phenoxy) is 1. The lowest BCUT2D eigenvalue weighted by Crippen LogP contribution is -2.36. The second-order valence-corrected chi connectivity index (χ2v) is 7.24. The van der Waals surface area contributed by atoms with Gasteiger partial charge in [-0.15, -0.1) is 0 Å². The molecule has 2 aromatic rings. The number of benzene rings is 1. The molecule has 3 N–H and O–H groups in total. The second kappa shape index (κ2) is 12.1. The SMILES string of the molecule is CCOC(=O)CCC(=O)N(CCCCCCN)[C@H](C)c1nc2ccccc2c(=O)[nH]1. The van der Waals surface area contributed by atoms with E-state index in [-0.39, 0.29) is 30.9 Å². The number of hydrogen-bond acceptors (Lipinski definition) is 6. The minimum absolute atomic E-state index is 0.0325. The number of fused-ring (bicyclic) bond motifs is 1. The van der Waals surface area contributed by atoms with E-state index in [0.29, 0.717) is 29.8 Å². The van der Waals surface area contributed by atoms with Crippen LogP contribution in [0.25, 0.3) is 10.9 Å². The van der Waals surface area contributed by atoms with Crippen molar-refractivity contribution < 1.29 is 14.3 Å². The Labute approximate surface area is 176 Å². The first-order valence-corrected chi connectivity index (χ1v) is 10.6. The first kappa shape index (κ1) is 23.5. The third kappa shape index (κ3) is 6.66. The van der Waals surface area contributed by atoms with Crippen LogP contribution in [0.2, 0.25) is 0 Å². The average Bonchev–Trinajstić information content (AvgIpc) is 2.74. The van der Waals surface area contributed by atoms with Crippen LogP contribution in [-0.4, -0.2) is 46.4 Å². The van der Waals surface area contributed by atoms with E-state index in [1.54, 1.807) is 30.0 Å². The fourth-order valence-electron chi connectivity index (χ4n) is 3.35. The van der Waals surface area contributed by atoms with Crippen LogP contribution in [0.4, 0.5) is 0 Å². The Morgan fingerprint density at radius 2 is 1.90 bits per heavy atom. The van der Waals surface area contributed by atoms with Crippen molar-refractivity contribution >= 4 is 22.8 Å². The van der Waals surface area contributed by atoms with Crippen molar-refractivity contribution in [1.29, 1.82) is 0 Å². The van der Waals surface area contributed by atoms with Gasteiger partial charge in [-0.25, -0.2) is 4.98 Å². The van der Waals surface area contributed by atoms with Crippen LogP contribution < -0.4 is 11.3 Å². The van der Waals surface area contributed by atoms with Gasteiger partial charge in [0.1, 0.15) is 5.82 Å². The minimum atomic E-state index is -0.425. The number of unbranched alkanes of at least 4 members (excludes halogenated alkanes) is 3. The van der Waals surface area contributed by atoms with Crippen molar-refractivity contribution in [2.45, 2.75) is 58.4 Å². The molecule has 0 bridgehead atoms. The Morgan fingerprint density at radius 1 is 1.17 bits per heavy atom. The van der Waals surface area contributed by atoms with E-state index in [2.05, 4.69) is 9.97 Å². The van der Waals surface area contributed by atoms with Crippen molar-refractivity contribution in [1.82, 2.24) is 14.9 Å². The van der Waals surface area contributed by atoms with Crippen LogP contribution in [-0.2, 0) is 14.3 Å². The van der Waals surface area contributed by atoms with Gasteiger partial charge >= 0.3 is 5.97 Å². The Balaban J connectivity index is 2.18. The van der Waals surface area contributed by atoms with Gasteiger partial charge in [-0.2, -0.15) is 0 Å². The van der Waals surface area contributed by atoms with Crippen LogP contribution in [0.3, 0.4) is 0 Å². The Bertz CT molecular complexity index is 896. The molecule has 1 amide bonds. The predicted molar refractivity (Wildman–Crippen MR) is 116 cm³/mol. The average molecular weight is 417 g/mol. The quantitative estimate of drug-likeness (QED) is 0.406. The highest BCUT2D eigenvalue weighted by atomic mass is 16.5. The molecule has 0 aliphatic carbocycles. The minimum Gasteiger partial charge on any atom is -0.466 e. The number of aromatic nitrogens is 2. The molecule has 1 aromatic heterocycles. The zero-order valence-corrected chi connectivity index (χ0v) is 17.9. The predicted octanol–water partition coefficient (Wildman–Crippen LogP) is 2.68. The summed E-state index contributed by atoms with van der Waals surface area (Å²) in [5, 5.41) is 0.510. The van der Waals surface area contributed by atoms with Crippen LogP contribution in [0, 0.1) is 0 Å². The molecular weight excluding hydrogens is 384 g/mol. The maximum Gasteiger partial charge on any atom is 0.306 e. The van der Waals surface area contributed by atoms with Crippen molar-refractivity contribution in [3.63, 3.8) is 0 Å². The van der Waals surface area contributed by atoms with Crippen molar-refractivity contribution in [3.8, 4) is 0 Å². The zero-order valence-electron chi connectivity index (χ0n) is 17.9. The molecule has 0 saturated carbocycles. The maximum atomic E-state index is 12.9. The molecule has 0 radical (unpaired) electrons. The molecule has 1 atom stereocenters. The summed E-state index contributed by atoms with van der Waals surface area (Å²) >= 11 is 0. The van der Waals surface area contributed by atoms with Crippen molar-refractivity contribution in [2.24, 2.45) is 5.73 Å². The van der Waals surface area contributed by atoms with Gasteiger partial charge in [0, 0.05) is 13.0 Å². The van der Waals surface area contributed by atoms with Gasteiger partial charge in [0.25, 0.3) is 5.56 Å². The Kier molecular flexibility index (Phi) is 9.47. The van der Waals surface area contributed by atoms with E-state index < -0.39 is 12.0 Å². The van der Waals surface area contributed by atoms with E-state index in [0.717, 1.165) is 25.7 Å². The number of aromatic amines is 1. The number of nitrogens with zero attached hydrogens (tertiary/aromatic N) is 2.